The Kier molecular flexibility index (Phi) is 12.0. The molecule has 0 spiro atoms. The number of carbonyl (C=O) groups excluding carboxylic acids is 3. The van der Waals surface area contributed by atoms with E-state index in [9.17, 15) is 14.4 Å². The van der Waals surface area contributed by atoms with Gasteiger partial charge in [-0.25, -0.2) is 0 Å². The van der Waals surface area contributed by atoms with Gasteiger partial charge in [-0.1, -0.05) is 91.0 Å². The van der Waals surface area contributed by atoms with E-state index in [0.717, 1.165) is 16.7 Å². The Morgan fingerprint density at radius 2 is 0.880 bits per heavy atom. The average molecular weight is 689 g/mol. The SMILES string of the molecule is CO[C@H]1OC(COC(c2ccccc2)(c2ccccc2)c2ccccc2)[C@H](OC(=O)C(C)(C)C)[C@@H](OC(=O)C(C)(C)C)C1OC(=O)C(C)(C)C. The number of methoxy groups -OCH3 is 1. The molecule has 2 unspecified atom stereocenters. The van der Waals surface area contributed by atoms with Crippen LogP contribution in [0.2, 0.25) is 0 Å². The molecular weight excluding hydrogens is 636 g/mol. The normalized spacial score (nSPS) is 21.6. The molecule has 1 aliphatic heterocycles. The van der Waals surface area contributed by atoms with E-state index in [1.54, 1.807) is 62.3 Å². The van der Waals surface area contributed by atoms with Crippen LogP contribution in [0.1, 0.15) is 79.0 Å². The van der Waals surface area contributed by atoms with Gasteiger partial charge in [0.25, 0.3) is 0 Å². The molecule has 1 fully saturated rings. The second-order valence-corrected chi connectivity index (χ2v) is 15.7. The van der Waals surface area contributed by atoms with E-state index in [0.29, 0.717) is 0 Å². The Morgan fingerprint density at radius 1 is 0.540 bits per heavy atom. The summed E-state index contributed by atoms with van der Waals surface area (Å²) in [5.74, 6) is -1.72. The summed E-state index contributed by atoms with van der Waals surface area (Å²) in [7, 11) is 1.41. The minimum absolute atomic E-state index is 0.149. The molecule has 50 heavy (non-hydrogen) atoms. The molecule has 9 nitrogen and oxygen atoms in total. The summed E-state index contributed by atoms with van der Waals surface area (Å²) in [5, 5.41) is 0. The van der Waals surface area contributed by atoms with Crippen molar-refractivity contribution in [1.29, 1.82) is 0 Å². The molecule has 1 heterocycles. The molecule has 0 aromatic heterocycles. The fraction of sp³-hybridized carbons (Fsp3) is 0.488. The van der Waals surface area contributed by atoms with Crippen LogP contribution in [0.25, 0.3) is 0 Å². The summed E-state index contributed by atoms with van der Waals surface area (Å²) < 4.78 is 37.7. The first-order chi connectivity index (χ1) is 23.4. The van der Waals surface area contributed by atoms with Crippen LogP contribution in [0.4, 0.5) is 0 Å². The van der Waals surface area contributed by atoms with Gasteiger partial charge in [-0.3, -0.25) is 14.4 Å². The standard InChI is InChI=1S/C41H52O9/c1-38(2,3)35(42)48-31-30(47-34(45-10)33(50-37(44)40(7,8)9)32(31)49-36(43)39(4,5)6)26-46-41(27-20-14-11-15-21-27,28-22-16-12-17-23-28)29-24-18-13-19-25-29/h11-25,30-34H,26H2,1-10H3/t30?,31-,32+,33?,34-/m0/s1. The van der Waals surface area contributed by atoms with Gasteiger partial charge >= 0.3 is 17.9 Å². The Bertz CT molecular complexity index is 1470. The van der Waals surface area contributed by atoms with Crippen molar-refractivity contribution in [1.82, 2.24) is 0 Å². The Morgan fingerprint density at radius 3 is 1.22 bits per heavy atom. The van der Waals surface area contributed by atoms with Crippen molar-refractivity contribution in [3.63, 3.8) is 0 Å². The summed E-state index contributed by atoms with van der Waals surface area (Å²) in [4.78, 5) is 40.5. The maximum Gasteiger partial charge on any atom is 0.311 e. The molecule has 1 saturated heterocycles. The molecule has 0 N–H and O–H groups in total. The summed E-state index contributed by atoms with van der Waals surface area (Å²) in [6, 6.07) is 29.4. The Balaban J connectivity index is 1.88. The summed E-state index contributed by atoms with van der Waals surface area (Å²) >= 11 is 0. The number of hydrogen-bond donors (Lipinski definition) is 0. The number of rotatable bonds is 10. The zero-order valence-corrected chi connectivity index (χ0v) is 30.9. The number of esters is 3. The molecule has 3 aromatic rings. The minimum Gasteiger partial charge on any atom is -0.455 e. The van der Waals surface area contributed by atoms with Crippen LogP contribution in [0.5, 0.6) is 0 Å². The van der Waals surface area contributed by atoms with Gasteiger partial charge in [0.05, 0.1) is 22.9 Å². The van der Waals surface area contributed by atoms with Crippen LogP contribution in [0, 0.1) is 16.2 Å². The number of benzene rings is 3. The van der Waals surface area contributed by atoms with E-state index in [2.05, 4.69) is 0 Å². The van der Waals surface area contributed by atoms with Crippen molar-refractivity contribution in [3.05, 3.63) is 108 Å². The van der Waals surface area contributed by atoms with Gasteiger partial charge in [-0.15, -0.1) is 0 Å². The van der Waals surface area contributed by atoms with E-state index in [-0.39, 0.29) is 6.61 Å². The summed E-state index contributed by atoms with van der Waals surface area (Å²) in [5.41, 5.74) is -1.35. The third-order valence-electron chi connectivity index (χ3n) is 8.40. The molecule has 1 aliphatic rings. The molecule has 0 amide bonds. The van der Waals surface area contributed by atoms with Crippen molar-refractivity contribution < 1.29 is 42.8 Å². The predicted octanol–water partition coefficient (Wildman–Crippen LogP) is 7.24. The molecule has 3 aromatic carbocycles. The third-order valence-corrected chi connectivity index (χ3v) is 8.40. The monoisotopic (exact) mass is 688 g/mol. The lowest BCUT2D eigenvalue weighted by atomic mass is 9.80. The highest BCUT2D eigenvalue weighted by atomic mass is 16.7. The van der Waals surface area contributed by atoms with E-state index < -0.39 is 70.5 Å². The van der Waals surface area contributed by atoms with Crippen molar-refractivity contribution in [2.24, 2.45) is 16.2 Å². The highest BCUT2D eigenvalue weighted by Gasteiger charge is 2.55. The van der Waals surface area contributed by atoms with Gasteiger partial charge in [0, 0.05) is 7.11 Å². The van der Waals surface area contributed by atoms with Crippen LogP contribution in [0.3, 0.4) is 0 Å². The molecule has 0 aliphatic carbocycles. The van der Waals surface area contributed by atoms with E-state index in [4.69, 9.17) is 28.4 Å². The zero-order chi connectivity index (χ0) is 36.9. The smallest absolute Gasteiger partial charge is 0.311 e. The summed E-state index contributed by atoms with van der Waals surface area (Å²) in [6.45, 7) is 15.3. The van der Waals surface area contributed by atoms with Gasteiger partial charge in [-0.05, 0) is 79.0 Å². The molecule has 0 saturated carbocycles. The lowest BCUT2D eigenvalue weighted by Gasteiger charge is -2.46. The van der Waals surface area contributed by atoms with Gasteiger partial charge < -0.3 is 28.4 Å². The second kappa shape index (κ2) is 15.5. The minimum atomic E-state index is -1.30. The van der Waals surface area contributed by atoms with Crippen LogP contribution in [0.15, 0.2) is 91.0 Å². The largest absolute Gasteiger partial charge is 0.455 e. The van der Waals surface area contributed by atoms with Crippen molar-refractivity contribution >= 4 is 17.9 Å². The Labute approximate surface area is 296 Å². The van der Waals surface area contributed by atoms with Crippen LogP contribution >= 0.6 is 0 Å². The average Bonchev–Trinajstić information content (AvgIpc) is 3.07. The van der Waals surface area contributed by atoms with Gasteiger partial charge in [0.15, 0.2) is 24.6 Å². The predicted molar refractivity (Wildman–Crippen MR) is 189 cm³/mol. The number of ether oxygens (including phenoxy) is 6. The molecule has 9 heteroatoms. The van der Waals surface area contributed by atoms with Crippen molar-refractivity contribution in [2.45, 2.75) is 98.6 Å². The first kappa shape index (κ1) is 38.7. The molecular formula is C41H52O9. The first-order valence-electron chi connectivity index (χ1n) is 17.0. The fourth-order valence-electron chi connectivity index (χ4n) is 5.48. The number of hydrogen-bond acceptors (Lipinski definition) is 9. The zero-order valence-electron chi connectivity index (χ0n) is 30.9. The van der Waals surface area contributed by atoms with E-state index in [1.165, 1.54) is 7.11 Å². The van der Waals surface area contributed by atoms with Crippen molar-refractivity contribution in [3.8, 4) is 0 Å². The van der Waals surface area contributed by atoms with Crippen LogP contribution in [-0.4, -0.2) is 62.3 Å². The first-order valence-corrected chi connectivity index (χ1v) is 17.0. The quantitative estimate of drug-likeness (QED) is 0.124. The second-order valence-electron chi connectivity index (χ2n) is 15.7. The summed E-state index contributed by atoms with van der Waals surface area (Å²) in [6.07, 6.45) is -6.06. The highest BCUT2D eigenvalue weighted by molar-refractivity contribution is 5.77. The Hall–Kier alpha value is -4.05. The molecule has 4 rings (SSSR count). The van der Waals surface area contributed by atoms with Crippen LogP contribution < -0.4 is 0 Å². The molecule has 270 valence electrons. The van der Waals surface area contributed by atoms with Gasteiger partial charge in [-0.2, -0.15) is 0 Å². The molecule has 0 bridgehead atoms. The lowest BCUT2D eigenvalue weighted by Crippen LogP contribution is -2.64. The molecule has 5 atom stereocenters. The maximum absolute atomic E-state index is 13.6. The third kappa shape index (κ3) is 8.81. The fourth-order valence-corrected chi connectivity index (χ4v) is 5.48. The maximum atomic E-state index is 13.6. The van der Waals surface area contributed by atoms with Crippen LogP contribution in [-0.2, 0) is 48.4 Å². The lowest BCUT2D eigenvalue weighted by molar-refractivity contribution is -0.309. The van der Waals surface area contributed by atoms with Gasteiger partial charge in [0.1, 0.15) is 11.7 Å². The molecule has 0 radical (unpaired) electrons. The van der Waals surface area contributed by atoms with Gasteiger partial charge in [0.2, 0.25) is 0 Å². The highest BCUT2D eigenvalue weighted by Crippen LogP contribution is 2.42. The van der Waals surface area contributed by atoms with E-state index in [1.807, 2.05) is 91.0 Å². The van der Waals surface area contributed by atoms with Crippen molar-refractivity contribution in [2.75, 3.05) is 13.7 Å². The topological polar surface area (TPSA) is 107 Å². The van der Waals surface area contributed by atoms with E-state index >= 15 is 0 Å². The number of carbonyl (C=O) groups is 3.